The largest absolute Gasteiger partial charge is 0.454 e. The van der Waals surface area contributed by atoms with Gasteiger partial charge in [-0.1, -0.05) is 11.6 Å². The Morgan fingerprint density at radius 1 is 1.35 bits per heavy atom. The van der Waals surface area contributed by atoms with Gasteiger partial charge in [0.25, 0.3) is 11.1 Å². The Labute approximate surface area is 124 Å². The number of thioether (sulfide) groups is 1. The summed E-state index contributed by atoms with van der Waals surface area (Å²) < 4.78 is 10.5. The van der Waals surface area contributed by atoms with Crippen molar-refractivity contribution in [2.75, 3.05) is 13.3 Å². The smallest absolute Gasteiger partial charge is 0.293 e. The first-order valence-corrected chi connectivity index (χ1v) is 7.14. The summed E-state index contributed by atoms with van der Waals surface area (Å²) in [5, 5.41) is 0.179. The van der Waals surface area contributed by atoms with Gasteiger partial charge in [-0.25, -0.2) is 0 Å². The molecule has 0 saturated carbocycles. The lowest BCUT2D eigenvalue weighted by Gasteiger charge is -2.07. The van der Waals surface area contributed by atoms with E-state index < -0.39 is 0 Å². The van der Waals surface area contributed by atoms with Crippen LogP contribution in [0.5, 0.6) is 11.5 Å². The topological polar surface area (TPSA) is 55.8 Å². The fourth-order valence-corrected chi connectivity index (χ4v) is 3.06. The van der Waals surface area contributed by atoms with Gasteiger partial charge in [0.15, 0.2) is 11.5 Å². The van der Waals surface area contributed by atoms with Crippen LogP contribution in [0.15, 0.2) is 17.0 Å². The number of halogens is 1. The molecule has 1 aromatic rings. The fourth-order valence-electron chi connectivity index (χ4n) is 1.96. The number of likely N-dealkylation sites (N-methyl/N-ethyl adjacent to an activating group) is 1. The molecule has 2 amide bonds. The first kappa shape index (κ1) is 13.3. The molecular formula is C13H10ClNO4S. The Balaban J connectivity index is 1.97. The van der Waals surface area contributed by atoms with E-state index in [9.17, 15) is 9.59 Å². The summed E-state index contributed by atoms with van der Waals surface area (Å²) in [6, 6.07) is 3.34. The minimum Gasteiger partial charge on any atom is -0.454 e. The molecule has 0 aliphatic carbocycles. The minimum absolute atomic E-state index is 0.154. The number of rotatable bonds is 2. The minimum atomic E-state index is -0.295. The lowest BCUT2D eigenvalue weighted by Crippen LogP contribution is -2.27. The second kappa shape index (κ2) is 5.03. The first-order chi connectivity index (χ1) is 9.60. The molecule has 104 valence electrons. The monoisotopic (exact) mass is 311 g/mol. The molecule has 3 rings (SSSR count). The van der Waals surface area contributed by atoms with Gasteiger partial charge in [0.1, 0.15) is 0 Å². The van der Waals surface area contributed by atoms with Crippen LogP contribution >= 0.6 is 23.4 Å². The first-order valence-electron chi connectivity index (χ1n) is 5.94. The summed E-state index contributed by atoms with van der Waals surface area (Å²) in [5.74, 6) is 0.861. The number of benzene rings is 1. The van der Waals surface area contributed by atoms with Gasteiger partial charge in [-0.2, -0.15) is 0 Å². The molecule has 0 spiro atoms. The number of nitrogens with zero attached hydrogens (tertiary/aromatic N) is 1. The lowest BCUT2D eigenvalue weighted by molar-refractivity contribution is -0.122. The molecule has 5 nitrogen and oxygen atoms in total. The van der Waals surface area contributed by atoms with Crippen molar-refractivity contribution in [3.8, 4) is 11.5 Å². The molecule has 0 bridgehead atoms. The summed E-state index contributed by atoms with van der Waals surface area (Å²) in [6.07, 6.45) is 1.60. The maximum absolute atomic E-state index is 12.0. The number of carbonyl (C=O) groups excluding carboxylic acids is 2. The molecule has 0 unspecified atom stereocenters. The molecule has 2 heterocycles. The van der Waals surface area contributed by atoms with E-state index in [1.165, 1.54) is 4.90 Å². The van der Waals surface area contributed by atoms with Crippen LogP contribution in [0, 0.1) is 0 Å². The highest BCUT2D eigenvalue weighted by atomic mass is 35.5. The van der Waals surface area contributed by atoms with Crippen LogP contribution in [0.25, 0.3) is 6.08 Å². The Bertz CT molecular complexity index is 644. The number of imide groups is 1. The summed E-state index contributed by atoms with van der Waals surface area (Å²) in [4.78, 5) is 25.2. The predicted octanol–water partition coefficient (Wildman–Crippen LogP) is 3.12. The molecule has 2 aliphatic heterocycles. The molecule has 1 fully saturated rings. The van der Waals surface area contributed by atoms with Gasteiger partial charge in [-0.3, -0.25) is 14.5 Å². The Kier molecular flexibility index (Phi) is 3.35. The zero-order valence-electron chi connectivity index (χ0n) is 10.5. The van der Waals surface area contributed by atoms with E-state index >= 15 is 0 Å². The average molecular weight is 312 g/mol. The van der Waals surface area contributed by atoms with Crippen molar-refractivity contribution in [2.45, 2.75) is 6.92 Å². The molecule has 0 atom stereocenters. The number of amides is 2. The van der Waals surface area contributed by atoms with Gasteiger partial charge in [0.05, 0.1) is 9.93 Å². The summed E-state index contributed by atoms with van der Waals surface area (Å²) >= 11 is 7.05. The predicted molar refractivity (Wildman–Crippen MR) is 75.9 cm³/mol. The number of carbonyl (C=O) groups is 2. The molecular weight excluding hydrogens is 302 g/mol. The highest BCUT2D eigenvalue weighted by Crippen LogP contribution is 2.39. The molecule has 1 aromatic carbocycles. The van der Waals surface area contributed by atoms with E-state index in [4.69, 9.17) is 21.1 Å². The van der Waals surface area contributed by atoms with Crippen molar-refractivity contribution in [1.82, 2.24) is 4.90 Å². The second-order valence-electron chi connectivity index (χ2n) is 4.15. The number of hydrogen-bond donors (Lipinski definition) is 0. The van der Waals surface area contributed by atoms with Crippen LogP contribution in [0.2, 0.25) is 5.02 Å². The number of hydrogen-bond acceptors (Lipinski definition) is 5. The van der Waals surface area contributed by atoms with Crippen LogP contribution in [-0.4, -0.2) is 29.4 Å². The Morgan fingerprint density at radius 2 is 2.05 bits per heavy atom. The molecule has 7 heteroatoms. The van der Waals surface area contributed by atoms with Gasteiger partial charge >= 0.3 is 0 Å². The lowest BCUT2D eigenvalue weighted by atomic mass is 10.2. The van der Waals surface area contributed by atoms with E-state index in [-0.39, 0.29) is 17.9 Å². The summed E-state index contributed by atoms with van der Waals surface area (Å²) in [6.45, 7) is 2.27. The molecule has 2 aliphatic rings. The quantitative estimate of drug-likeness (QED) is 0.785. The van der Waals surface area contributed by atoms with E-state index in [1.54, 1.807) is 25.1 Å². The van der Waals surface area contributed by atoms with Crippen molar-refractivity contribution >= 4 is 40.6 Å². The van der Waals surface area contributed by atoms with Crippen LogP contribution < -0.4 is 9.47 Å². The van der Waals surface area contributed by atoms with Crippen molar-refractivity contribution in [1.29, 1.82) is 0 Å². The van der Waals surface area contributed by atoms with E-state index in [0.29, 0.717) is 33.5 Å². The van der Waals surface area contributed by atoms with Crippen LogP contribution in [0.3, 0.4) is 0 Å². The SMILES string of the molecule is CCN1C(=O)SC(=Cc2cc3c(cc2Cl)OCO3)C1=O. The van der Waals surface area contributed by atoms with Crippen molar-refractivity contribution in [3.63, 3.8) is 0 Å². The second-order valence-corrected chi connectivity index (χ2v) is 5.55. The van der Waals surface area contributed by atoms with E-state index in [1.807, 2.05) is 0 Å². The standard InChI is InChI=1S/C13H10ClNO4S/c1-2-15-12(16)11(20-13(15)17)4-7-3-9-10(5-8(7)14)19-6-18-9/h3-5H,2,6H2,1H3. The molecule has 20 heavy (non-hydrogen) atoms. The Morgan fingerprint density at radius 3 is 2.70 bits per heavy atom. The zero-order chi connectivity index (χ0) is 14.3. The van der Waals surface area contributed by atoms with Crippen molar-refractivity contribution in [2.24, 2.45) is 0 Å². The highest BCUT2D eigenvalue weighted by molar-refractivity contribution is 8.18. The molecule has 0 radical (unpaired) electrons. The van der Waals surface area contributed by atoms with Crippen LogP contribution in [0.4, 0.5) is 4.79 Å². The summed E-state index contributed by atoms with van der Waals surface area (Å²) in [5.41, 5.74) is 0.623. The van der Waals surface area contributed by atoms with Crippen molar-refractivity contribution < 1.29 is 19.1 Å². The van der Waals surface area contributed by atoms with Gasteiger partial charge in [-0.05, 0) is 36.4 Å². The molecule has 1 saturated heterocycles. The highest BCUT2D eigenvalue weighted by Gasteiger charge is 2.33. The third kappa shape index (κ3) is 2.14. The van der Waals surface area contributed by atoms with Gasteiger partial charge in [0.2, 0.25) is 6.79 Å². The maximum atomic E-state index is 12.0. The third-order valence-electron chi connectivity index (χ3n) is 2.97. The third-order valence-corrected chi connectivity index (χ3v) is 4.20. The molecule has 0 N–H and O–H groups in total. The molecule has 0 aromatic heterocycles. The number of ether oxygens (including phenoxy) is 2. The van der Waals surface area contributed by atoms with E-state index in [2.05, 4.69) is 0 Å². The van der Waals surface area contributed by atoms with Crippen molar-refractivity contribution in [3.05, 3.63) is 27.6 Å². The van der Waals surface area contributed by atoms with Crippen LogP contribution in [0.1, 0.15) is 12.5 Å². The normalized spacial score (nSPS) is 19.3. The average Bonchev–Trinajstić information content (AvgIpc) is 2.95. The summed E-state index contributed by atoms with van der Waals surface area (Å²) in [7, 11) is 0. The van der Waals surface area contributed by atoms with E-state index in [0.717, 1.165) is 11.8 Å². The zero-order valence-corrected chi connectivity index (χ0v) is 12.1. The fraction of sp³-hybridized carbons (Fsp3) is 0.231. The van der Waals surface area contributed by atoms with Gasteiger partial charge < -0.3 is 9.47 Å². The van der Waals surface area contributed by atoms with Gasteiger partial charge in [-0.15, -0.1) is 0 Å². The number of fused-ring (bicyclic) bond motifs is 1. The van der Waals surface area contributed by atoms with Gasteiger partial charge in [0, 0.05) is 12.6 Å². The Hall–Kier alpha value is -1.66. The van der Waals surface area contributed by atoms with Crippen LogP contribution in [-0.2, 0) is 4.79 Å². The maximum Gasteiger partial charge on any atom is 0.293 e.